The first kappa shape index (κ1) is 9.86. The fraction of sp³-hybridized carbons (Fsp3) is 0.333. The standard InChI is InChI=1S/C9H9NO2S2/c11-10(12)6-1-4-9(8(13)5-6)14-7-2-3-7/h1,4-5,7,13H,2-3H2. The van der Waals surface area contributed by atoms with Crippen molar-refractivity contribution in [1.29, 1.82) is 0 Å². The average Bonchev–Trinajstić information content (AvgIpc) is 2.92. The predicted octanol–water partition coefficient (Wildman–Crippen LogP) is 3.14. The molecule has 0 amide bonds. The van der Waals surface area contributed by atoms with Gasteiger partial charge in [0, 0.05) is 27.2 Å². The van der Waals surface area contributed by atoms with Crippen LogP contribution in [-0.4, -0.2) is 10.2 Å². The molecule has 2 rings (SSSR count). The molecule has 0 spiro atoms. The molecule has 1 aliphatic rings. The molecule has 0 atom stereocenters. The molecule has 1 aromatic rings. The number of benzene rings is 1. The fourth-order valence-electron chi connectivity index (χ4n) is 1.08. The van der Waals surface area contributed by atoms with Crippen LogP contribution in [0.2, 0.25) is 0 Å². The Balaban J connectivity index is 2.21. The summed E-state index contributed by atoms with van der Waals surface area (Å²) in [5.41, 5.74) is 0.107. The van der Waals surface area contributed by atoms with Gasteiger partial charge in [-0.3, -0.25) is 10.1 Å². The lowest BCUT2D eigenvalue weighted by Gasteiger charge is -2.02. The Kier molecular flexibility index (Phi) is 2.69. The van der Waals surface area contributed by atoms with Crippen molar-refractivity contribution in [2.45, 2.75) is 27.9 Å². The van der Waals surface area contributed by atoms with E-state index in [2.05, 4.69) is 12.6 Å². The number of nitro benzene ring substituents is 1. The number of thiol groups is 1. The summed E-state index contributed by atoms with van der Waals surface area (Å²) >= 11 is 6.00. The summed E-state index contributed by atoms with van der Waals surface area (Å²) in [6.45, 7) is 0. The summed E-state index contributed by atoms with van der Waals surface area (Å²) in [5.74, 6) is 0. The van der Waals surface area contributed by atoms with Crippen molar-refractivity contribution in [3.8, 4) is 0 Å². The van der Waals surface area contributed by atoms with Crippen molar-refractivity contribution in [2.75, 3.05) is 0 Å². The zero-order chi connectivity index (χ0) is 10.1. The maximum absolute atomic E-state index is 10.5. The third kappa shape index (κ3) is 2.22. The van der Waals surface area contributed by atoms with Crippen LogP contribution in [0.3, 0.4) is 0 Å². The van der Waals surface area contributed by atoms with E-state index >= 15 is 0 Å². The van der Waals surface area contributed by atoms with Gasteiger partial charge in [-0.15, -0.1) is 24.4 Å². The highest BCUT2D eigenvalue weighted by Gasteiger charge is 2.23. The van der Waals surface area contributed by atoms with Crippen molar-refractivity contribution in [3.05, 3.63) is 28.3 Å². The molecule has 0 unspecified atom stereocenters. The van der Waals surface area contributed by atoms with E-state index in [0.29, 0.717) is 10.1 Å². The second-order valence-electron chi connectivity index (χ2n) is 3.23. The van der Waals surface area contributed by atoms with Crippen LogP contribution in [0.25, 0.3) is 0 Å². The molecule has 3 nitrogen and oxygen atoms in total. The van der Waals surface area contributed by atoms with Gasteiger partial charge < -0.3 is 0 Å². The van der Waals surface area contributed by atoms with Gasteiger partial charge in [-0.2, -0.15) is 0 Å². The summed E-state index contributed by atoms with van der Waals surface area (Å²) in [6.07, 6.45) is 2.49. The Morgan fingerprint density at radius 3 is 2.71 bits per heavy atom. The van der Waals surface area contributed by atoms with Crippen molar-refractivity contribution in [3.63, 3.8) is 0 Å². The van der Waals surface area contributed by atoms with E-state index in [-0.39, 0.29) is 5.69 Å². The van der Waals surface area contributed by atoms with Crippen molar-refractivity contribution in [2.24, 2.45) is 0 Å². The molecule has 1 aliphatic carbocycles. The van der Waals surface area contributed by atoms with Gasteiger partial charge in [-0.05, 0) is 18.9 Å². The first-order valence-corrected chi connectivity index (χ1v) is 5.63. The Labute approximate surface area is 91.5 Å². The maximum atomic E-state index is 10.5. The molecule has 0 heterocycles. The third-order valence-corrected chi connectivity index (χ3v) is 3.91. The van der Waals surface area contributed by atoms with Crippen molar-refractivity contribution < 1.29 is 4.92 Å². The minimum atomic E-state index is -0.398. The van der Waals surface area contributed by atoms with E-state index in [9.17, 15) is 10.1 Å². The van der Waals surface area contributed by atoms with Crippen molar-refractivity contribution in [1.82, 2.24) is 0 Å². The van der Waals surface area contributed by atoms with E-state index in [1.54, 1.807) is 17.8 Å². The molecule has 0 N–H and O–H groups in total. The van der Waals surface area contributed by atoms with E-state index < -0.39 is 4.92 Å². The molecule has 74 valence electrons. The van der Waals surface area contributed by atoms with Crippen LogP contribution in [0.5, 0.6) is 0 Å². The molecule has 1 aromatic carbocycles. The topological polar surface area (TPSA) is 43.1 Å². The number of nitro groups is 1. The van der Waals surface area contributed by atoms with Crippen molar-refractivity contribution >= 4 is 30.1 Å². The van der Waals surface area contributed by atoms with Gasteiger partial charge in [0.05, 0.1) is 4.92 Å². The second kappa shape index (κ2) is 3.82. The largest absolute Gasteiger partial charge is 0.270 e. The summed E-state index contributed by atoms with van der Waals surface area (Å²) in [5, 5.41) is 11.2. The molecule has 14 heavy (non-hydrogen) atoms. The lowest BCUT2D eigenvalue weighted by Crippen LogP contribution is -1.88. The molecule has 1 fully saturated rings. The van der Waals surface area contributed by atoms with Gasteiger partial charge >= 0.3 is 0 Å². The molecule has 0 aliphatic heterocycles. The van der Waals surface area contributed by atoms with Gasteiger partial charge in [0.15, 0.2) is 0 Å². The van der Waals surface area contributed by atoms with Gasteiger partial charge in [0.2, 0.25) is 0 Å². The molecule has 0 bridgehead atoms. The zero-order valence-electron chi connectivity index (χ0n) is 7.34. The van der Waals surface area contributed by atoms with E-state index in [1.807, 2.05) is 0 Å². The second-order valence-corrected chi connectivity index (χ2v) is 5.05. The third-order valence-electron chi connectivity index (χ3n) is 1.97. The normalized spacial score (nSPS) is 15.5. The van der Waals surface area contributed by atoms with Crippen LogP contribution < -0.4 is 0 Å². The maximum Gasteiger partial charge on any atom is 0.270 e. The monoisotopic (exact) mass is 227 g/mol. The SMILES string of the molecule is O=[N+]([O-])c1ccc(SC2CC2)c(S)c1. The first-order chi connectivity index (χ1) is 6.66. The number of hydrogen-bond acceptors (Lipinski definition) is 4. The van der Waals surface area contributed by atoms with Gasteiger partial charge in [-0.1, -0.05) is 0 Å². The molecule has 0 radical (unpaired) electrons. The van der Waals surface area contributed by atoms with Crippen LogP contribution in [0.4, 0.5) is 5.69 Å². The Morgan fingerprint density at radius 1 is 1.50 bits per heavy atom. The van der Waals surface area contributed by atoms with E-state index in [4.69, 9.17) is 0 Å². The van der Waals surface area contributed by atoms with Crippen LogP contribution in [0.1, 0.15) is 12.8 Å². The molecular weight excluding hydrogens is 218 g/mol. The Morgan fingerprint density at radius 2 is 2.21 bits per heavy atom. The van der Waals surface area contributed by atoms with Gasteiger partial charge in [0.1, 0.15) is 0 Å². The van der Waals surface area contributed by atoms with Crippen LogP contribution in [0.15, 0.2) is 28.0 Å². The first-order valence-electron chi connectivity index (χ1n) is 4.31. The molecule has 0 aromatic heterocycles. The lowest BCUT2D eigenvalue weighted by atomic mass is 10.3. The number of thioether (sulfide) groups is 1. The smallest absolute Gasteiger partial charge is 0.258 e. The van der Waals surface area contributed by atoms with Crippen LogP contribution in [0, 0.1) is 10.1 Å². The van der Waals surface area contributed by atoms with E-state index in [0.717, 1.165) is 4.90 Å². The summed E-state index contributed by atoms with van der Waals surface area (Å²) in [7, 11) is 0. The molecule has 1 saturated carbocycles. The predicted molar refractivity (Wildman–Crippen MR) is 59.2 cm³/mol. The quantitative estimate of drug-likeness (QED) is 0.490. The highest BCUT2D eigenvalue weighted by molar-refractivity contribution is 8.00. The minimum absolute atomic E-state index is 0.107. The summed E-state index contributed by atoms with van der Waals surface area (Å²) in [6, 6.07) is 4.82. The molecule has 5 heteroatoms. The lowest BCUT2D eigenvalue weighted by molar-refractivity contribution is -0.385. The Hall–Kier alpha value is -0.680. The number of rotatable bonds is 3. The van der Waals surface area contributed by atoms with Gasteiger partial charge in [0.25, 0.3) is 5.69 Å². The zero-order valence-corrected chi connectivity index (χ0v) is 9.05. The highest BCUT2D eigenvalue weighted by Crippen LogP contribution is 2.41. The highest BCUT2D eigenvalue weighted by atomic mass is 32.2. The number of non-ortho nitro benzene ring substituents is 1. The van der Waals surface area contributed by atoms with Crippen LogP contribution in [-0.2, 0) is 0 Å². The Bertz CT molecular complexity index is 377. The van der Waals surface area contributed by atoms with Gasteiger partial charge in [-0.25, -0.2) is 0 Å². The van der Waals surface area contributed by atoms with E-state index in [1.165, 1.54) is 25.0 Å². The molecular formula is C9H9NO2S2. The number of nitrogens with zero attached hydrogens (tertiary/aromatic N) is 1. The molecule has 0 saturated heterocycles. The average molecular weight is 227 g/mol. The summed E-state index contributed by atoms with van der Waals surface area (Å²) < 4.78 is 0. The minimum Gasteiger partial charge on any atom is -0.258 e. The summed E-state index contributed by atoms with van der Waals surface area (Å²) in [4.78, 5) is 11.8. The number of hydrogen-bond donors (Lipinski definition) is 1. The fourth-order valence-corrected chi connectivity index (χ4v) is 2.51. The van der Waals surface area contributed by atoms with Crippen LogP contribution >= 0.6 is 24.4 Å².